The van der Waals surface area contributed by atoms with Crippen LogP contribution < -0.4 is 4.74 Å². The van der Waals surface area contributed by atoms with Crippen LogP contribution >= 0.6 is 0 Å². The van der Waals surface area contributed by atoms with E-state index in [-0.39, 0.29) is 30.7 Å². The van der Waals surface area contributed by atoms with Gasteiger partial charge in [0.15, 0.2) is 0 Å². The zero-order valence-corrected chi connectivity index (χ0v) is 15.1. The van der Waals surface area contributed by atoms with E-state index in [4.69, 9.17) is 9.84 Å². The van der Waals surface area contributed by atoms with Gasteiger partial charge in [-0.15, -0.1) is 0 Å². The number of likely N-dealkylation sites (tertiary alicyclic amines) is 1. The van der Waals surface area contributed by atoms with Crippen molar-refractivity contribution in [1.29, 1.82) is 0 Å². The van der Waals surface area contributed by atoms with E-state index in [0.717, 1.165) is 31.7 Å². The van der Waals surface area contributed by atoms with Gasteiger partial charge in [0.25, 0.3) is 0 Å². The van der Waals surface area contributed by atoms with Crippen LogP contribution in [0.1, 0.15) is 37.2 Å². The van der Waals surface area contributed by atoms with Gasteiger partial charge >= 0.3 is 5.97 Å². The third-order valence-electron chi connectivity index (χ3n) is 6.41. The number of carbonyl (C=O) groups excluding carboxylic acids is 1. The summed E-state index contributed by atoms with van der Waals surface area (Å²) in [4.78, 5) is 28.2. The molecule has 0 aliphatic carbocycles. The Morgan fingerprint density at radius 3 is 2.42 bits per heavy atom. The van der Waals surface area contributed by atoms with Crippen LogP contribution in [0.2, 0.25) is 0 Å². The molecule has 1 aromatic carbocycles. The molecule has 1 N–H and O–H groups in total. The molecule has 4 aliphatic rings. The Bertz CT molecular complexity index is 682. The average molecular weight is 358 g/mol. The van der Waals surface area contributed by atoms with E-state index in [2.05, 4.69) is 17.0 Å². The molecule has 0 unspecified atom stereocenters. The Morgan fingerprint density at radius 2 is 1.81 bits per heavy atom. The van der Waals surface area contributed by atoms with Crippen LogP contribution in [-0.2, 0) is 9.59 Å². The zero-order valence-electron chi connectivity index (χ0n) is 15.1. The standard InChI is InChI=1S/C20H26N2O4/c1-26-15-4-2-13(3-5-15)16-12-22(17(23)6-7-18(24)25)19-14-8-10-21(11-9-14)20(16)19/h2-5,14,16,19-20H,6-12H2,1H3,(H,24,25)/t16-,19+,20+/m0/s1. The van der Waals surface area contributed by atoms with E-state index < -0.39 is 5.97 Å². The predicted molar refractivity (Wildman–Crippen MR) is 96.2 cm³/mol. The van der Waals surface area contributed by atoms with Crippen molar-refractivity contribution >= 4 is 11.9 Å². The molecule has 0 saturated carbocycles. The van der Waals surface area contributed by atoms with Crippen molar-refractivity contribution in [2.24, 2.45) is 5.92 Å². The van der Waals surface area contributed by atoms with Crippen LogP contribution in [0.3, 0.4) is 0 Å². The number of nitrogens with zero attached hydrogens (tertiary/aromatic N) is 2. The lowest BCUT2D eigenvalue weighted by atomic mass is 9.75. The summed E-state index contributed by atoms with van der Waals surface area (Å²) < 4.78 is 5.27. The van der Waals surface area contributed by atoms with E-state index in [1.54, 1.807) is 7.11 Å². The fraction of sp³-hybridized carbons (Fsp3) is 0.600. The van der Waals surface area contributed by atoms with Gasteiger partial charge in [0.2, 0.25) is 5.91 Å². The number of ether oxygens (including phenoxy) is 1. The number of carboxylic acids is 1. The van der Waals surface area contributed by atoms with Crippen LogP contribution in [0.15, 0.2) is 24.3 Å². The first kappa shape index (κ1) is 17.3. The maximum atomic E-state index is 12.8. The molecule has 1 aromatic rings. The summed E-state index contributed by atoms with van der Waals surface area (Å²) in [6, 6.07) is 8.76. The second-order valence-corrected chi connectivity index (χ2v) is 7.67. The van der Waals surface area contributed by atoms with Gasteiger partial charge in [-0.3, -0.25) is 14.5 Å². The number of carboxylic acid groups (broad SMARTS) is 1. The van der Waals surface area contributed by atoms with Crippen molar-refractivity contribution in [3.05, 3.63) is 29.8 Å². The molecule has 140 valence electrons. The molecule has 6 nitrogen and oxygen atoms in total. The molecule has 5 rings (SSSR count). The monoisotopic (exact) mass is 358 g/mol. The van der Waals surface area contributed by atoms with Crippen molar-refractivity contribution in [3.8, 4) is 5.75 Å². The highest BCUT2D eigenvalue weighted by molar-refractivity contribution is 5.81. The van der Waals surface area contributed by atoms with Gasteiger partial charge in [-0.25, -0.2) is 0 Å². The number of methoxy groups -OCH3 is 1. The van der Waals surface area contributed by atoms with Gasteiger partial charge in [-0.2, -0.15) is 0 Å². The highest BCUT2D eigenvalue weighted by Crippen LogP contribution is 2.46. The molecule has 6 heteroatoms. The number of hydrogen-bond acceptors (Lipinski definition) is 4. The summed E-state index contributed by atoms with van der Waals surface area (Å²) in [7, 11) is 1.66. The van der Waals surface area contributed by atoms with Crippen LogP contribution in [0.4, 0.5) is 0 Å². The number of fused-ring (bicyclic) bond motifs is 2. The van der Waals surface area contributed by atoms with Crippen molar-refractivity contribution in [1.82, 2.24) is 9.80 Å². The lowest BCUT2D eigenvalue weighted by molar-refractivity contribution is -0.142. The van der Waals surface area contributed by atoms with Crippen molar-refractivity contribution in [2.75, 3.05) is 26.7 Å². The maximum Gasteiger partial charge on any atom is 0.303 e. The van der Waals surface area contributed by atoms with Crippen LogP contribution in [0.25, 0.3) is 0 Å². The summed E-state index contributed by atoms with van der Waals surface area (Å²) in [6.07, 6.45) is 2.29. The largest absolute Gasteiger partial charge is 0.497 e. The molecule has 4 heterocycles. The quantitative estimate of drug-likeness (QED) is 0.871. The van der Waals surface area contributed by atoms with Crippen LogP contribution in [-0.4, -0.2) is 65.6 Å². The Kier molecular flexibility index (Phi) is 4.61. The smallest absolute Gasteiger partial charge is 0.303 e. The Hall–Kier alpha value is -2.08. The minimum atomic E-state index is -0.908. The number of hydrogen-bond donors (Lipinski definition) is 1. The molecule has 1 amide bonds. The minimum absolute atomic E-state index is 0.00726. The number of aliphatic carboxylic acids is 1. The summed E-state index contributed by atoms with van der Waals surface area (Å²) in [5.41, 5.74) is 1.24. The van der Waals surface area contributed by atoms with Crippen molar-refractivity contribution in [3.63, 3.8) is 0 Å². The van der Waals surface area contributed by atoms with E-state index >= 15 is 0 Å². The van der Waals surface area contributed by atoms with Gasteiger partial charge in [-0.1, -0.05) is 12.1 Å². The highest BCUT2D eigenvalue weighted by atomic mass is 16.5. The fourth-order valence-electron chi connectivity index (χ4n) is 5.21. The first-order valence-corrected chi connectivity index (χ1v) is 9.47. The molecule has 0 aromatic heterocycles. The molecule has 4 fully saturated rings. The molecular weight excluding hydrogens is 332 g/mol. The molecule has 26 heavy (non-hydrogen) atoms. The van der Waals surface area contributed by atoms with Crippen molar-refractivity contribution in [2.45, 2.75) is 43.7 Å². The fourth-order valence-corrected chi connectivity index (χ4v) is 5.21. The van der Waals surface area contributed by atoms with E-state index in [1.165, 1.54) is 5.56 Å². The molecule has 3 atom stereocenters. The Morgan fingerprint density at radius 1 is 1.12 bits per heavy atom. The second kappa shape index (κ2) is 6.91. The number of rotatable bonds is 5. The van der Waals surface area contributed by atoms with E-state index in [9.17, 15) is 9.59 Å². The summed E-state index contributed by atoms with van der Waals surface area (Å²) in [6.45, 7) is 2.90. The molecule has 0 radical (unpaired) electrons. The van der Waals surface area contributed by atoms with E-state index in [1.807, 2.05) is 17.0 Å². The normalized spacial score (nSPS) is 32.3. The highest BCUT2D eigenvalue weighted by Gasteiger charge is 2.54. The first-order chi connectivity index (χ1) is 12.6. The number of carbonyl (C=O) groups is 2. The number of benzene rings is 1. The van der Waals surface area contributed by atoms with Crippen LogP contribution in [0.5, 0.6) is 5.75 Å². The van der Waals surface area contributed by atoms with E-state index in [0.29, 0.717) is 18.5 Å². The lowest BCUT2D eigenvalue weighted by Crippen LogP contribution is -2.60. The molecule has 4 aliphatic heterocycles. The topological polar surface area (TPSA) is 70.1 Å². The Labute approximate surface area is 153 Å². The average Bonchev–Trinajstić information content (AvgIpc) is 3.10. The van der Waals surface area contributed by atoms with Crippen molar-refractivity contribution < 1.29 is 19.4 Å². The van der Waals surface area contributed by atoms with Gasteiger partial charge in [0.05, 0.1) is 19.6 Å². The minimum Gasteiger partial charge on any atom is -0.497 e. The zero-order chi connectivity index (χ0) is 18.3. The number of piperidine rings is 3. The third-order valence-corrected chi connectivity index (χ3v) is 6.41. The summed E-state index contributed by atoms with van der Waals surface area (Å²) >= 11 is 0. The first-order valence-electron chi connectivity index (χ1n) is 9.47. The molecule has 0 spiro atoms. The van der Waals surface area contributed by atoms with Gasteiger partial charge in [-0.05, 0) is 49.5 Å². The van der Waals surface area contributed by atoms with Crippen LogP contribution in [0, 0.1) is 5.92 Å². The molecule has 4 saturated heterocycles. The lowest BCUT2D eigenvalue weighted by Gasteiger charge is -2.51. The van der Waals surface area contributed by atoms with Gasteiger partial charge in [0.1, 0.15) is 5.75 Å². The second-order valence-electron chi connectivity index (χ2n) is 7.67. The Balaban J connectivity index is 1.60. The SMILES string of the molecule is COc1ccc([C@@H]2CN(C(=O)CCC(=O)O)[C@@H]3C4CCN(CC4)[C@@H]32)cc1. The predicted octanol–water partition coefficient (Wildman–Crippen LogP) is 1.95. The molecular formula is C20H26N2O4. The van der Waals surface area contributed by atoms with Gasteiger partial charge in [0, 0.05) is 24.9 Å². The molecule has 2 bridgehead atoms. The van der Waals surface area contributed by atoms with Gasteiger partial charge < -0.3 is 14.7 Å². The number of amides is 1. The summed E-state index contributed by atoms with van der Waals surface area (Å²) in [5.74, 6) is 0.745. The third kappa shape index (κ3) is 2.96. The maximum absolute atomic E-state index is 12.8. The summed E-state index contributed by atoms with van der Waals surface area (Å²) in [5, 5.41) is 8.93.